The number of nitrogens with zero attached hydrogens (tertiary/aromatic N) is 5. The molecule has 2 aromatic rings. The number of carbonyl (C=O) groups excluding carboxylic acids is 1. The second-order valence-corrected chi connectivity index (χ2v) is 9.39. The van der Waals surface area contributed by atoms with Crippen molar-refractivity contribution in [2.24, 2.45) is 11.7 Å². The summed E-state index contributed by atoms with van der Waals surface area (Å²) in [7, 11) is 0. The van der Waals surface area contributed by atoms with Crippen LogP contribution in [0.3, 0.4) is 0 Å². The minimum Gasteiger partial charge on any atom is -0.393 e. The SMILES string of the molecule is N#Cc1ccc(Cn2cncc2CN2CCN(C(CC(N)=O)C3CCCCC3O)CC2)cc1. The molecule has 33 heavy (non-hydrogen) atoms. The lowest BCUT2D eigenvalue weighted by atomic mass is 9.79. The van der Waals surface area contributed by atoms with Gasteiger partial charge in [0.1, 0.15) is 0 Å². The van der Waals surface area contributed by atoms with Gasteiger partial charge in [-0.25, -0.2) is 4.98 Å². The number of carbonyl (C=O) groups is 1. The number of nitrogens with two attached hydrogens (primary N) is 1. The van der Waals surface area contributed by atoms with Crippen LogP contribution < -0.4 is 5.73 Å². The van der Waals surface area contributed by atoms with Crippen LogP contribution in [-0.2, 0) is 17.9 Å². The van der Waals surface area contributed by atoms with E-state index in [9.17, 15) is 9.90 Å². The molecule has 1 saturated heterocycles. The van der Waals surface area contributed by atoms with E-state index in [0.717, 1.165) is 76.2 Å². The van der Waals surface area contributed by atoms with Crippen molar-refractivity contribution in [1.29, 1.82) is 5.26 Å². The zero-order valence-corrected chi connectivity index (χ0v) is 19.1. The number of primary amides is 1. The van der Waals surface area contributed by atoms with Gasteiger partial charge in [-0.2, -0.15) is 5.26 Å². The van der Waals surface area contributed by atoms with Crippen molar-refractivity contribution in [3.05, 3.63) is 53.6 Å². The first-order chi connectivity index (χ1) is 16.0. The van der Waals surface area contributed by atoms with Gasteiger partial charge in [-0.1, -0.05) is 25.0 Å². The summed E-state index contributed by atoms with van der Waals surface area (Å²) >= 11 is 0. The van der Waals surface area contributed by atoms with E-state index < -0.39 is 0 Å². The van der Waals surface area contributed by atoms with E-state index in [1.54, 1.807) is 0 Å². The fourth-order valence-corrected chi connectivity index (χ4v) is 5.33. The first kappa shape index (κ1) is 23.4. The van der Waals surface area contributed by atoms with Crippen LogP contribution in [0.4, 0.5) is 0 Å². The van der Waals surface area contributed by atoms with Gasteiger partial charge in [0, 0.05) is 63.8 Å². The average Bonchev–Trinajstić information content (AvgIpc) is 3.25. The van der Waals surface area contributed by atoms with Crippen molar-refractivity contribution in [2.75, 3.05) is 26.2 Å². The number of rotatable bonds is 8. The maximum absolute atomic E-state index is 11.8. The summed E-state index contributed by atoms with van der Waals surface area (Å²) in [6.45, 7) is 5.08. The number of aromatic nitrogens is 2. The first-order valence-electron chi connectivity index (χ1n) is 11.9. The molecule has 3 unspecified atom stereocenters. The lowest BCUT2D eigenvalue weighted by Gasteiger charge is -2.44. The fraction of sp³-hybridized carbons (Fsp3) is 0.560. The molecule has 1 aromatic heterocycles. The van der Waals surface area contributed by atoms with E-state index in [2.05, 4.69) is 25.4 Å². The maximum Gasteiger partial charge on any atom is 0.219 e. The predicted molar refractivity (Wildman–Crippen MR) is 125 cm³/mol. The smallest absolute Gasteiger partial charge is 0.219 e. The molecular weight excluding hydrogens is 416 g/mol. The van der Waals surface area contributed by atoms with E-state index >= 15 is 0 Å². The second-order valence-electron chi connectivity index (χ2n) is 9.39. The highest BCUT2D eigenvalue weighted by Crippen LogP contribution is 2.31. The van der Waals surface area contributed by atoms with E-state index in [-0.39, 0.29) is 24.0 Å². The van der Waals surface area contributed by atoms with Gasteiger partial charge in [-0.3, -0.25) is 14.6 Å². The van der Waals surface area contributed by atoms with Crippen LogP contribution in [0.5, 0.6) is 0 Å². The number of benzene rings is 1. The number of imidazole rings is 1. The zero-order chi connectivity index (χ0) is 23.2. The van der Waals surface area contributed by atoms with Crippen molar-refractivity contribution in [3.8, 4) is 6.07 Å². The molecular formula is C25H34N6O2. The van der Waals surface area contributed by atoms with Crippen LogP contribution in [0.25, 0.3) is 0 Å². The third kappa shape index (κ3) is 5.99. The number of nitriles is 1. The molecule has 4 rings (SSSR count). The van der Waals surface area contributed by atoms with E-state index in [1.807, 2.05) is 36.8 Å². The molecule has 3 atom stereocenters. The summed E-state index contributed by atoms with van der Waals surface area (Å²) in [5.41, 5.74) is 8.54. The minimum atomic E-state index is -0.335. The summed E-state index contributed by atoms with van der Waals surface area (Å²) in [5, 5.41) is 19.6. The second kappa shape index (κ2) is 10.9. The molecule has 0 radical (unpaired) electrons. The summed E-state index contributed by atoms with van der Waals surface area (Å²) in [5.74, 6) is -0.154. The van der Waals surface area contributed by atoms with E-state index in [4.69, 9.17) is 11.0 Å². The van der Waals surface area contributed by atoms with E-state index in [1.165, 1.54) is 0 Å². The Balaban J connectivity index is 1.35. The molecule has 8 nitrogen and oxygen atoms in total. The molecule has 0 spiro atoms. The standard InChI is InChI=1S/C25H34N6O2/c26-14-19-5-7-20(8-6-19)16-31-18-28-15-21(31)17-29-9-11-30(12-10-29)23(13-25(27)33)22-3-1-2-4-24(22)32/h5-8,15,18,22-24,32H,1-4,9-13,16-17H2,(H2,27,33). The van der Waals surface area contributed by atoms with Crippen molar-refractivity contribution in [2.45, 2.75) is 57.3 Å². The predicted octanol–water partition coefficient (Wildman–Crippen LogP) is 1.72. The molecule has 8 heteroatoms. The van der Waals surface area contributed by atoms with Crippen molar-refractivity contribution in [1.82, 2.24) is 19.4 Å². The number of hydrogen-bond acceptors (Lipinski definition) is 6. The molecule has 2 heterocycles. The van der Waals surface area contributed by atoms with Crippen LogP contribution in [-0.4, -0.2) is 68.7 Å². The van der Waals surface area contributed by atoms with Gasteiger partial charge in [0.25, 0.3) is 0 Å². The van der Waals surface area contributed by atoms with Gasteiger partial charge in [-0.15, -0.1) is 0 Å². The number of piperazine rings is 1. The first-order valence-corrected chi connectivity index (χ1v) is 11.9. The zero-order valence-electron chi connectivity index (χ0n) is 19.1. The Morgan fingerprint density at radius 1 is 1.15 bits per heavy atom. The van der Waals surface area contributed by atoms with Crippen LogP contribution >= 0.6 is 0 Å². The van der Waals surface area contributed by atoms with Gasteiger partial charge in [0.05, 0.1) is 29.8 Å². The number of amides is 1. The third-order valence-corrected chi connectivity index (χ3v) is 7.18. The Bertz CT molecular complexity index is 958. The molecule has 1 aliphatic heterocycles. The molecule has 1 aliphatic carbocycles. The molecule has 176 valence electrons. The fourth-order valence-electron chi connectivity index (χ4n) is 5.33. The van der Waals surface area contributed by atoms with E-state index in [0.29, 0.717) is 12.0 Å². The quantitative estimate of drug-likeness (QED) is 0.633. The Morgan fingerprint density at radius 2 is 1.88 bits per heavy atom. The number of aliphatic hydroxyl groups is 1. The van der Waals surface area contributed by atoms with Crippen LogP contribution in [0, 0.1) is 17.2 Å². The summed E-state index contributed by atoms with van der Waals surface area (Å²) in [6.07, 6.45) is 7.72. The van der Waals surface area contributed by atoms with Gasteiger partial charge in [0.15, 0.2) is 0 Å². The summed E-state index contributed by atoms with van der Waals surface area (Å²) < 4.78 is 2.15. The van der Waals surface area contributed by atoms with Gasteiger partial charge in [0.2, 0.25) is 5.91 Å². The van der Waals surface area contributed by atoms with Crippen molar-refractivity contribution >= 4 is 5.91 Å². The molecule has 3 N–H and O–H groups in total. The van der Waals surface area contributed by atoms with Crippen LogP contribution in [0.15, 0.2) is 36.8 Å². The van der Waals surface area contributed by atoms with Gasteiger partial charge in [-0.05, 0) is 30.5 Å². The van der Waals surface area contributed by atoms with Crippen molar-refractivity contribution in [3.63, 3.8) is 0 Å². The Labute approximate surface area is 195 Å². The Hall–Kier alpha value is -2.73. The molecule has 1 saturated carbocycles. The maximum atomic E-state index is 11.8. The number of aliphatic hydroxyl groups excluding tert-OH is 1. The van der Waals surface area contributed by atoms with Crippen molar-refractivity contribution < 1.29 is 9.90 Å². The average molecular weight is 451 g/mol. The summed E-state index contributed by atoms with van der Waals surface area (Å²) in [6, 6.07) is 9.84. The van der Waals surface area contributed by atoms with Crippen LogP contribution in [0.2, 0.25) is 0 Å². The largest absolute Gasteiger partial charge is 0.393 e. The lowest BCUT2D eigenvalue weighted by molar-refractivity contribution is -0.121. The molecule has 0 bridgehead atoms. The molecule has 2 aliphatic rings. The Kier molecular flexibility index (Phi) is 7.76. The molecule has 2 fully saturated rings. The highest BCUT2D eigenvalue weighted by Gasteiger charge is 2.36. The monoisotopic (exact) mass is 450 g/mol. The highest BCUT2D eigenvalue weighted by atomic mass is 16.3. The minimum absolute atomic E-state index is 0.0295. The number of hydrogen-bond donors (Lipinski definition) is 2. The Morgan fingerprint density at radius 3 is 2.55 bits per heavy atom. The normalized spacial score (nSPS) is 23.2. The van der Waals surface area contributed by atoms with Crippen LogP contribution in [0.1, 0.15) is 48.9 Å². The molecule has 1 amide bonds. The topological polar surface area (TPSA) is 111 Å². The highest BCUT2D eigenvalue weighted by molar-refractivity contribution is 5.74. The third-order valence-electron chi connectivity index (χ3n) is 7.18. The summed E-state index contributed by atoms with van der Waals surface area (Å²) in [4.78, 5) is 20.9. The molecule has 1 aromatic carbocycles. The van der Waals surface area contributed by atoms with Gasteiger partial charge < -0.3 is 15.4 Å². The lowest BCUT2D eigenvalue weighted by Crippen LogP contribution is -2.55. The van der Waals surface area contributed by atoms with Gasteiger partial charge >= 0.3 is 0 Å².